The molecule has 3 N–H and O–H groups in total. The van der Waals surface area contributed by atoms with Gasteiger partial charge in [-0.15, -0.1) is 0 Å². The number of anilines is 2. The molecule has 1 aromatic heterocycles. The highest BCUT2D eigenvalue weighted by molar-refractivity contribution is 5.45. The number of nitrogen functional groups attached to an aromatic ring is 1. The molecule has 2 aliphatic rings. The van der Waals surface area contributed by atoms with E-state index in [1.807, 2.05) is 6.07 Å². The average molecular weight is 232 g/mol. The van der Waals surface area contributed by atoms with Gasteiger partial charge in [-0.2, -0.15) is 0 Å². The summed E-state index contributed by atoms with van der Waals surface area (Å²) in [5, 5.41) is 3.38. The number of rotatable bonds is 5. The van der Waals surface area contributed by atoms with Gasteiger partial charge in [0.2, 0.25) is 0 Å². The van der Waals surface area contributed by atoms with Gasteiger partial charge in [-0.25, -0.2) is 9.97 Å². The summed E-state index contributed by atoms with van der Waals surface area (Å²) in [5.74, 6) is 3.91. The Bertz CT molecular complexity index is 396. The van der Waals surface area contributed by atoms with Crippen molar-refractivity contribution >= 4 is 11.6 Å². The molecule has 2 aliphatic carbocycles. The molecular weight excluding hydrogens is 212 g/mol. The zero-order chi connectivity index (χ0) is 11.7. The lowest BCUT2D eigenvalue weighted by molar-refractivity contribution is 0.303. The Balaban J connectivity index is 1.57. The first kappa shape index (κ1) is 10.8. The fraction of sp³-hybridized carbons (Fsp3) is 0.692. The fourth-order valence-corrected chi connectivity index (χ4v) is 2.29. The lowest BCUT2D eigenvalue weighted by Crippen LogP contribution is -2.16. The van der Waals surface area contributed by atoms with Crippen molar-refractivity contribution in [3.8, 4) is 0 Å². The molecule has 17 heavy (non-hydrogen) atoms. The molecule has 4 nitrogen and oxygen atoms in total. The summed E-state index contributed by atoms with van der Waals surface area (Å²) >= 11 is 0. The SMILES string of the molecule is Nc1cc(NCCC2CCC2)nc(C2CC2)n1. The Labute approximate surface area is 102 Å². The normalized spacial score (nSPS) is 20.0. The van der Waals surface area contributed by atoms with Crippen molar-refractivity contribution in [2.45, 2.75) is 44.4 Å². The van der Waals surface area contributed by atoms with E-state index in [9.17, 15) is 0 Å². The van der Waals surface area contributed by atoms with Crippen LogP contribution in [0.4, 0.5) is 11.6 Å². The highest BCUT2D eigenvalue weighted by atomic mass is 15.1. The molecule has 0 bridgehead atoms. The van der Waals surface area contributed by atoms with Gasteiger partial charge in [0.1, 0.15) is 17.5 Å². The molecule has 1 aromatic rings. The molecule has 3 rings (SSSR count). The Morgan fingerprint density at radius 3 is 2.71 bits per heavy atom. The van der Waals surface area contributed by atoms with Gasteiger partial charge in [-0.05, 0) is 25.2 Å². The van der Waals surface area contributed by atoms with Crippen LogP contribution in [0.5, 0.6) is 0 Å². The largest absolute Gasteiger partial charge is 0.384 e. The second-order valence-electron chi connectivity index (χ2n) is 5.32. The minimum atomic E-state index is 0.561. The first-order valence-electron chi connectivity index (χ1n) is 6.69. The second-order valence-corrected chi connectivity index (χ2v) is 5.32. The van der Waals surface area contributed by atoms with E-state index in [4.69, 9.17) is 5.73 Å². The molecule has 1 heterocycles. The first-order valence-corrected chi connectivity index (χ1v) is 6.69. The first-order chi connectivity index (χ1) is 8.31. The quantitative estimate of drug-likeness (QED) is 0.819. The molecule has 2 saturated carbocycles. The van der Waals surface area contributed by atoms with Gasteiger partial charge in [-0.1, -0.05) is 19.3 Å². The Morgan fingerprint density at radius 2 is 2.06 bits per heavy atom. The third-order valence-corrected chi connectivity index (χ3v) is 3.79. The summed E-state index contributed by atoms with van der Waals surface area (Å²) in [5.41, 5.74) is 5.80. The molecule has 0 unspecified atom stereocenters. The van der Waals surface area contributed by atoms with Gasteiger partial charge < -0.3 is 11.1 Å². The smallest absolute Gasteiger partial charge is 0.136 e. The van der Waals surface area contributed by atoms with Crippen LogP contribution in [-0.4, -0.2) is 16.5 Å². The van der Waals surface area contributed by atoms with Crippen LogP contribution < -0.4 is 11.1 Å². The number of hydrogen-bond acceptors (Lipinski definition) is 4. The summed E-state index contributed by atoms with van der Waals surface area (Å²) in [6.07, 6.45) is 7.90. The van der Waals surface area contributed by atoms with Crippen molar-refractivity contribution in [3.63, 3.8) is 0 Å². The zero-order valence-electron chi connectivity index (χ0n) is 10.2. The molecule has 0 aromatic carbocycles. The van der Waals surface area contributed by atoms with Gasteiger partial charge in [0.15, 0.2) is 0 Å². The van der Waals surface area contributed by atoms with Gasteiger partial charge in [0.25, 0.3) is 0 Å². The maximum absolute atomic E-state index is 5.80. The Kier molecular flexibility index (Phi) is 2.87. The van der Waals surface area contributed by atoms with Crippen molar-refractivity contribution in [1.29, 1.82) is 0 Å². The van der Waals surface area contributed by atoms with Gasteiger partial charge in [0.05, 0.1) is 0 Å². The molecule has 92 valence electrons. The molecule has 0 saturated heterocycles. The third kappa shape index (κ3) is 2.68. The summed E-state index contributed by atoms with van der Waals surface area (Å²) in [4.78, 5) is 8.83. The zero-order valence-corrected chi connectivity index (χ0v) is 10.2. The molecule has 0 amide bonds. The highest BCUT2D eigenvalue weighted by Crippen LogP contribution is 2.38. The average Bonchev–Trinajstić information content (AvgIpc) is 3.04. The van der Waals surface area contributed by atoms with E-state index in [-0.39, 0.29) is 0 Å². The van der Waals surface area contributed by atoms with Gasteiger partial charge in [0, 0.05) is 18.5 Å². The van der Waals surface area contributed by atoms with E-state index < -0.39 is 0 Å². The van der Waals surface area contributed by atoms with Gasteiger partial charge in [-0.3, -0.25) is 0 Å². The lowest BCUT2D eigenvalue weighted by atomic mass is 9.83. The Morgan fingerprint density at radius 1 is 1.24 bits per heavy atom. The van der Waals surface area contributed by atoms with E-state index in [2.05, 4.69) is 15.3 Å². The predicted molar refractivity (Wildman–Crippen MR) is 68.9 cm³/mol. The summed E-state index contributed by atoms with van der Waals surface area (Å²) in [6, 6.07) is 1.84. The van der Waals surface area contributed by atoms with Crippen LogP contribution in [0.3, 0.4) is 0 Å². The van der Waals surface area contributed by atoms with Crippen molar-refractivity contribution in [2.75, 3.05) is 17.6 Å². The molecule has 0 atom stereocenters. The van der Waals surface area contributed by atoms with Crippen LogP contribution >= 0.6 is 0 Å². The van der Waals surface area contributed by atoms with Crippen LogP contribution in [0.25, 0.3) is 0 Å². The van der Waals surface area contributed by atoms with Crippen LogP contribution in [0, 0.1) is 5.92 Å². The molecule has 0 spiro atoms. The standard InChI is InChI=1S/C13H20N4/c14-11-8-12(15-7-6-9-2-1-3-9)17-13(16-11)10-4-5-10/h8-10H,1-7H2,(H3,14,15,16,17). The molecule has 0 aliphatic heterocycles. The van der Waals surface area contributed by atoms with Crippen LogP contribution in [0.1, 0.15) is 50.3 Å². The minimum absolute atomic E-state index is 0.561. The van der Waals surface area contributed by atoms with Crippen LogP contribution in [0.15, 0.2) is 6.07 Å². The summed E-state index contributed by atoms with van der Waals surface area (Å²) < 4.78 is 0. The van der Waals surface area contributed by atoms with Crippen LogP contribution in [0.2, 0.25) is 0 Å². The monoisotopic (exact) mass is 232 g/mol. The summed E-state index contributed by atoms with van der Waals surface area (Å²) in [6.45, 7) is 1.01. The Hall–Kier alpha value is -1.32. The maximum Gasteiger partial charge on any atom is 0.136 e. The summed E-state index contributed by atoms with van der Waals surface area (Å²) in [7, 11) is 0. The van der Waals surface area contributed by atoms with Crippen molar-refractivity contribution in [1.82, 2.24) is 9.97 Å². The van der Waals surface area contributed by atoms with E-state index in [1.54, 1.807) is 0 Å². The number of nitrogens with zero attached hydrogens (tertiary/aromatic N) is 2. The number of nitrogens with one attached hydrogen (secondary N) is 1. The lowest BCUT2D eigenvalue weighted by Gasteiger charge is -2.25. The number of hydrogen-bond donors (Lipinski definition) is 2. The molecule has 2 fully saturated rings. The van der Waals surface area contributed by atoms with E-state index >= 15 is 0 Å². The maximum atomic E-state index is 5.80. The van der Waals surface area contributed by atoms with Crippen LogP contribution in [-0.2, 0) is 0 Å². The van der Waals surface area contributed by atoms with E-state index in [0.717, 1.165) is 24.1 Å². The van der Waals surface area contributed by atoms with E-state index in [1.165, 1.54) is 38.5 Å². The number of aromatic nitrogens is 2. The number of nitrogens with two attached hydrogens (primary N) is 1. The molecular formula is C13H20N4. The van der Waals surface area contributed by atoms with Crippen molar-refractivity contribution < 1.29 is 0 Å². The van der Waals surface area contributed by atoms with Crippen molar-refractivity contribution in [3.05, 3.63) is 11.9 Å². The third-order valence-electron chi connectivity index (χ3n) is 3.79. The predicted octanol–water partition coefficient (Wildman–Crippen LogP) is 2.54. The highest BCUT2D eigenvalue weighted by Gasteiger charge is 2.27. The topological polar surface area (TPSA) is 63.8 Å². The second kappa shape index (κ2) is 4.51. The van der Waals surface area contributed by atoms with E-state index in [0.29, 0.717) is 11.7 Å². The van der Waals surface area contributed by atoms with Crippen molar-refractivity contribution in [2.24, 2.45) is 5.92 Å². The fourth-order valence-electron chi connectivity index (χ4n) is 2.29. The minimum Gasteiger partial charge on any atom is -0.384 e. The van der Waals surface area contributed by atoms with Gasteiger partial charge >= 0.3 is 0 Å². The molecule has 4 heteroatoms. The molecule has 0 radical (unpaired) electrons.